The molecule has 8 heteroatoms. The maximum atomic E-state index is 13.1. The first-order chi connectivity index (χ1) is 16.3. The summed E-state index contributed by atoms with van der Waals surface area (Å²) in [7, 11) is -3.69. The average molecular weight is 499 g/mol. The summed E-state index contributed by atoms with van der Waals surface area (Å²) in [5, 5.41) is 2.96. The van der Waals surface area contributed by atoms with Gasteiger partial charge < -0.3 is 10.1 Å². The predicted octanol–water partition coefficient (Wildman–Crippen LogP) is 5.59. The van der Waals surface area contributed by atoms with E-state index in [4.69, 9.17) is 16.3 Å². The lowest BCUT2D eigenvalue weighted by Crippen LogP contribution is -2.37. The highest BCUT2D eigenvalue weighted by Gasteiger charge is 2.29. The summed E-state index contributed by atoms with van der Waals surface area (Å²) < 4.78 is 33.4. The van der Waals surface area contributed by atoms with Crippen molar-refractivity contribution in [3.05, 3.63) is 88.9 Å². The third-order valence-electron chi connectivity index (χ3n) is 5.92. The smallest absolute Gasteiger partial charge is 0.257 e. The maximum Gasteiger partial charge on any atom is 0.257 e. The first-order valence-electron chi connectivity index (χ1n) is 11.2. The number of carbonyl (C=O) groups excluding carboxylic acids is 1. The van der Waals surface area contributed by atoms with Gasteiger partial charge in [-0.1, -0.05) is 48.9 Å². The molecular formula is C26H27ClN2O4S. The van der Waals surface area contributed by atoms with E-state index in [-0.39, 0.29) is 15.5 Å². The molecule has 0 atom stereocenters. The van der Waals surface area contributed by atoms with Crippen molar-refractivity contribution in [2.24, 2.45) is 5.92 Å². The van der Waals surface area contributed by atoms with Crippen molar-refractivity contribution in [1.29, 1.82) is 0 Å². The fourth-order valence-corrected chi connectivity index (χ4v) is 5.49. The number of rotatable bonds is 7. The second-order valence-corrected chi connectivity index (χ2v) is 10.8. The average Bonchev–Trinajstić information content (AvgIpc) is 2.84. The summed E-state index contributed by atoms with van der Waals surface area (Å²) >= 11 is 6.25. The molecule has 1 heterocycles. The summed E-state index contributed by atoms with van der Waals surface area (Å²) in [6.45, 7) is 3.52. The highest BCUT2D eigenvalue weighted by molar-refractivity contribution is 7.89. The molecule has 1 amide bonds. The summed E-state index contributed by atoms with van der Waals surface area (Å²) in [4.78, 5) is 13.0. The molecule has 0 unspecified atom stereocenters. The maximum absolute atomic E-state index is 13.1. The van der Waals surface area contributed by atoms with Crippen LogP contribution in [-0.4, -0.2) is 31.7 Å². The van der Waals surface area contributed by atoms with Crippen molar-refractivity contribution in [3.63, 3.8) is 0 Å². The van der Waals surface area contributed by atoms with Crippen LogP contribution in [0.1, 0.15) is 35.7 Å². The molecule has 0 aliphatic carbocycles. The number of benzene rings is 3. The molecule has 1 aliphatic heterocycles. The molecular weight excluding hydrogens is 472 g/mol. The van der Waals surface area contributed by atoms with Crippen LogP contribution in [0.25, 0.3) is 0 Å². The Hall–Kier alpha value is -2.87. The van der Waals surface area contributed by atoms with Crippen LogP contribution in [0.15, 0.2) is 77.7 Å². The molecule has 0 bridgehead atoms. The van der Waals surface area contributed by atoms with Gasteiger partial charge in [-0.05, 0) is 66.8 Å². The standard InChI is InChI=1S/C26H27ClN2O4S/c1-19-13-15-29(16-14-19)34(31,32)23-11-12-25(27)24(17-23)26(30)28-21-7-9-22(10-8-21)33-18-20-5-3-2-4-6-20/h2-12,17,19H,13-16,18H2,1H3,(H,28,30). The molecule has 1 saturated heterocycles. The highest BCUT2D eigenvalue weighted by Crippen LogP contribution is 2.27. The molecule has 34 heavy (non-hydrogen) atoms. The van der Waals surface area contributed by atoms with Gasteiger partial charge >= 0.3 is 0 Å². The van der Waals surface area contributed by atoms with E-state index in [9.17, 15) is 13.2 Å². The zero-order chi connectivity index (χ0) is 24.1. The largest absolute Gasteiger partial charge is 0.489 e. The molecule has 6 nitrogen and oxygen atoms in total. The van der Waals surface area contributed by atoms with Gasteiger partial charge in [0.25, 0.3) is 5.91 Å². The van der Waals surface area contributed by atoms with Crippen LogP contribution in [0, 0.1) is 5.92 Å². The number of halogens is 1. The minimum Gasteiger partial charge on any atom is -0.489 e. The number of carbonyl (C=O) groups is 1. The number of hydrogen-bond donors (Lipinski definition) is 1. The Morgan fingerprint density at radius 1 is 1.03 bits per heavy atom. The number of anilines is 1. The van der Waals surface area contributed by atoms with Crippen molar-refractivity contribution in [1.82, 2.24) is 4.31 Å². The van der Waals surface area contributed by atoms with E-state index in [1.807, 2.05) is 30.3 Å². The van der Waals surface area contributed by atoms with Gasteiger partial charge in [0.05, 0.1) is 15.5 Å². The molecule has 0 radical (unpaired) electrons. The Labute approximate surface area is 205 Å². The zero-order valence-electron chi connectivity index (χ0n) is 18.9. The molecule has 178 valence electrons. The van der Waals surface area contributed by atoms with E-state index >= 15 is 0 Å². The molecule has 1 aliphatic rings. The Morgan fingerprint density at radius 3 is 2.38 bits per heavy atom. The van der Waals surface area contributed by atoms with Gasteiger partial charge in [-0.15, -0.1) is 0 Å². The molecule has 4 rings (SSSR count). The van der Waals surface area contributed by atoms with Crippen LogP contribution in [0.2, 0.25) is 5.02 Å². The number of ether oxygens (including phenoxy) is 1. The number of nitrogens with one attached hydrogen (secondary N) is 1. The van der Waals surface area contributed by atoms with Gasteiger partial charge in [0.2, 0.25) is 10.0 Å². The number of hydrogen-bond acceptors (Lipinski definition) is 4. The molecule has 3 aromatic rings. The van der Waals surface area contributed by atoms with Gasteiger partial charge in [-0.25, -0.2) is 8.42 Å². The Balaban J connectivity index is 1.43. The molecule has 0 spiro atoms. The number of nitrogens with zero attached hydrogens (tertiary/aromatic N) is 1. The molecule has 0 aromatic heterocycles. The zero-order valence-corrected chi connectivity index (χ0v) is 20.5. The van der Waals surface area contributed by atoms with E-state index in [1.165, 1.54) is 22.5 Å². The lowest BCUT2D eigenvalue weighted by molar-refractivity contribution is 0.102. The van der Waals surface area contributed by atoms with Crippen molar-refractivity contribution in [3.8, 4) is 5.75 Å². The van der Waals surface area contributed by atoms with Gasteiger partial charge in [0, 0.05) is 18.8 Å². The lowest BCUT2D eigenvalue weighted by atomic mass is 10.0. The van der Waals surface area contributed by atoms with E-state index in [0.717, 1.165) is 18.4 Å². The number of amides is 1. The Bertz CT molecular complexity index is 1240. The second-order valence-electron chi connectivity index (χ2n) is 8.48. The van der Waals surface area contributed by atoms with Crippen LogP contribution in [0.5, 0.6) is 5.75 Å². The summed E-state index contributed by atoms with van der Waals surface area (Å²) in [5.74, 6) is 0.698. The second kappa shape index (κ2) is 10.6. The first-order valence-corrected chi connectivity index (χ1v) is 13.0. The topological polar surface area (TPSA) is 75.7 Å². The van der Waals surface area contributed by atoms with E-state index in [0.29, 0.717) is 37.1 Å². The molecule has 0 saturated carbocycles. The predicted molar refractivity (Wildman–Crippen MR) is 134 cm³/mol. The van der Waals surface area contributed by atoms with Crippen molar-refractivity contribution in [2.75, 3.05) is 18.4 Å². The van der Waals surface area contributed by atoms with Crippen molar-refractivity contribution < 1.29 is 17.9 Å². The highest BCUT2D eigenvalue weighted by atomic mass is 35.5. The fraction of sp³-hybridized carbons (Fsp3) is 0.269. The van der Waals surface area contributed by atoms with Gasteiger partial charge in [-0.3, -0.25) is 4.79 Å². The van der Waals surface area contributed by atoms with E-state index < -0.39 is 15.9 Å². The van der Waals surface area contributed by atoms with Crippen molar-refractivity contribution in [2.45, 2.75) is 31.3 Å². The van der Waals surface area contributed by atoms with Crippen molar-refractivity contribution >= 4 is 33.2 Å². The minimum absolute atomic E-state index is 0.0706. The van der Waals surface area contributed by atoms with E-state index in [2.05, 4.69) is 12.2 Å². The van der Waals surface area contributed by atoms with Crippen LogP contribution in [0.3, 0.4) is 0 Å². The number of sulfonamides is 1. The normalized spacial score (nSPS) is 15.1. The van der Waals surface area contributed by atoms with Crippen LogP contribution < -0.4 is 10.1 Å². The SMILES string of the molecule is CC1CCN(S(=O)(=O)c2ccc(Cl)c(C(=O)Nc3ccc(OCc4ccccc4)cc3)c2)CC1. The third-order valence-corrected chi connectivity index (χ3v) is 8.15. The third kappa shape index (κ3) is 5.78. The van der Waals surface area contributed by atoms with Crippen LogP contribution in [0.4, 0.5) is 5.69 Å². The van der Waals surface area contributed by atoms with Crippen LogP contribution >= 0.6 is 11.6 Å². The Kier molecular flexibility index (Phi) is 7.56. The summed E-state index contributed by atoms with van der Waals surface area (Å²) in [5.41, 5.74) is 1.72. The summed E-state index contributed by atoms with van der Waals surface area (Å²) in [6.07, 6.45) is 1.65. The van der Waals surface area contributed by atoms with Gasteiger partial charge in [-0.2, -0.15) is 4.31 Å². The number of piperidine rings is 1. The molecule has 1 fully saturated rings. The molecule has 3 aromatic carbocycles. The van der Waals surface area contributed by atoms with Gasteiger partial charge in [0.1, 0.15) is 12.4 Å². The first kappa shape index (κ1) is 24.3. The minimum atomic E-state index is -3.69. The van der Waals surface area contributed by atoms with E-state index in [1.54, 1.807) is 24.3 Å². The monoisotopic (exact) mass is 498 g/mol. The summed E-state index contributed by atoms with van der Waals surface area (Å²) in [6, 6.07) is 21.1. The Morgan fingerprint density at radius 2 is 1.71 bits per heavy atom. The van der Waals surface area contributed by atoms with Crippen LogP contribution in [-0.2, 0) is 16.6 Å². The lowest BCUT2D eigenvalue weighted by Gasteiger charge is -2.29. The quantitative estimate of drug-likeness (QED) is 0.460. The fourth-order valence-electron chi connectivity index (χ4n) is 3.79. The van der Waals surface area contributed by atoms with Gasteiger partial charge in [0.15, 0.2) is 0 Å². The molecule has 1 N–H and O–H groups in total.